The second-order valence-corrected chi connectivity index (χ2v) is 6.83. The van der Waals surface area contributed by atoms with E-state index in [4.69, 9.17) is 15.5 Å². The van der Waals surface area contributed by atoms with Crippen LogP contribution in [-0.2, 0) is 4.74 Å². The Morgan fingerprint density at radius 2 is 2.00 bits per heavy atom. The fourth-order valence-corrected chi connectivity index (χ4v) is 3.99. The molecule has 24 heavy (non-hydrogen) atoms. The summed E-state index contributed by atoms with van der Waals surface area (Å²) in [5.74, 6) is 0.350. The van der Waals surface area contributed by atoms with Crippen molar-refractivity contribution in [3.8, 4) is 5.88 Å². The van der Waals surface area contributed by atoms with Crippen molar-refractivity contribution >= 4 is 22.3 Å². The van der Waals surface area contributed by atoms with Gasteiger partial charge in [0.1, 0.15) is 0 Å². The lowest BCUT2D eigenvalue weighted by molar-refractivity contribution is 0.0688. The summed E-state index contributed by atoms with van der Waals surface area (Å²) in [6, 6.07) is 6.19. The second-order valence-electron chi connectivity index (χ2n) is 6.83. The molecule has 2 aliphatic heterocycles. The van der Waals surface area contributed by atoms with Crippen LogP contribution in [0.4, 0.5) is 5.69 Å². The van der Waals surface area contributed by atoms with Gasteiger partial charge in [0.05, 0.1) is 11.1 Å². The average Bonchev–Trinajstić information content (AvgIpc) is 2.76. The average molecular weight is 327 g/mol. The third-order valence-electron chi connectivity index (χ3n) is 5.22. The minimum Gasteiger partial charge on any atom is -0.494 e. The second kappa shape index (κ2) is 6.48. The summed E-state index contributed by atoms with van der Waals surface area (Å²) in [7, 11) is 0. The Morgan fingerprint density at radius 1 is 1.17 bits per heavy atom. The largest absolute Gasteiger partial charge is 0.494 e. The normalized spacial score (nSPS) is 20.1. The lowest BCUT2D eigenvalue weighted by Crippen LogP contribution is -2.19. The van der Waals surface area contributed by atoms with Crippen LogP contribution in [-0.4, -0.2) is 35.1 Å². The van der Waals surface area contributed by atoms with Gasteiger partial charge in [0, 0.05) is 42.6 Å². The zero-order chi connectivity index (χ0) is 16.5. The van der Waals surface area contributed by atoms with E-state index in [9.17, 15) is 5.11 Å². The van der Waals surface area contributed by atoms with E-state index < -0.39 is 0 Å². The number of aliphatic imine (C=N–C) groups is 1. The molecule has 5 nitrogen and oxygen atoms in total. The highest BCUT2D eigenvalue weighted by molar-refractivity contribution is 6.13. The maximum Gasteiger partial charge on any atom is 0.201 e. The van der Waals surface area contributed by atoms with Crippen LogP contribution < -0.4 is 5.73 Å². The van der Waals surface area contributed by atoms with Gasteiger partial charge in [-0.1, -0.05) is 6.42 Å². The molecule has 0 saturated carbocycles. The first-order chi connectivity index (χ1) is 11.8. The van der Waals surface area contributed by atoms with Crippen molar-refractivity contribution in [2.45, 2.75) is 44.6 Å². The zero-order valence-electron chi connectivity index (χ0n) is 14.0. The number of anilines is 1. The molecule has 1 saturated heterocycles. The minimum atomic E-state index is 0.269. The van der Waals surface area contributed by atoms with E-state index in [0.717, 1.165) is 79.7 Å². The fourth-order valence-electron chi connectivity index (χ4n) is 3.99. The highest BCUT2D eigenvalue weighted by atomic mass is 16.5. The standard InChI is InChI=1S/C19H25N3O2/c20-13-5-6-17-15(12-13)18(16-4-2-1-3-9-21-16)19(23)22(17)14-7-10-24-11-8-14/h5-6,12,14,23H,1-4,7-11,20H2. The number of nitrogens with two attached hydrogens (primary N) is 1. The Hall–Kier alpha value is -2.01. The van der Waals surface area contributed by atoms with Gasteiger partial charge in [-0.25, -0.2) is 0 Å². The van der Waals surface area contributed by atoms with Gasteiger partial charge in [-0.3, -0.25) is 4.99 Å². The van der Waals surface area contributed by atoms with Gasteiger partial charge in [-0.15, -0.1) is 0 Å². The van der Waals surface area contributed by atoms with Gasteiger partial charge in [0.25, 0.3) is 0 Å². The lowest BCUT2D eigenvalue weighted by Gasteiger charge is -2.25. The molecule has 128 valence electrons. The van der Waals surface area contributed by atoms with E-state index >= 15 is 0 Å². The molecule has 4 rings (SSSR count). The van der Waals surface area contributed by atoms with E-state index in [2.05, 4.69) is 4.57 Å². The maximum absolute atomic E-state index is 11.1. The monoisotopic (exact) mass is 327 g/mol. The van der Waals surface area contributed by atoms with Gasteiger partial charge in [0.15, 0.2) is 0 Å². The van der Waals surface area contributed by atoms with Gasteiger partial charge in [-0.05, 0) is 50.3 Å². The number of benzene rings is 1. The van der Waals surface area contributed by atoms with Crippen molar-refractivity contribution in [1.82, 2.24) is 4.57 Å². The molecule has 0 radical (unpaired) electrons. The van der Waals surface area contributed by atoms with Gasteiger partial charge < -0.3 is 20.1 Å². The molecule has 1 aromatic carbocycles. The molecule has 3 N–H and O–H groups in total. The smallest absolute Gasteiger partial charge is 0.201 e. The van der Waals surface area contributed by atoms with Gasteiger partial charge in [-0.2, -0.15) is 0 Å². The first-order valence-corrected chi connectivity index (χ1v) is 8.99. The molecule has 0 unspecified atom stereocenters. The number of hydrogen-bond donors (Lipinski definition) is 2. The van der Waals surface area contributed by atoms with Crippen molar-refractivity contribution in [1.29, 1.82) is 0 Å². The topological polar surface area (TPSA) is 72.8 Å². The first-order valence-electron chi connectivity index (χ1n) is 8.99. The summed E-state index contributed by atoms with van der Waals surface area (Å²) < 4.78 is 7.58. The van der Waals surface area contributed by atoms with Crippen LogP contribution in [0.1, 0.15) is 50.1 Å². The summed E-state index contributed by atoms with van der Waals surface area (Å²) in [6.07, 6.45) is 6.24. The van der Waals surface area contributed by atoms with Crippen molar-refractivity contribution in [2.75, 3.05) is 25.5 Å². The maximum atomic E-state index is 11.1. The van der Waals surface area contributed by atoms with E-state index in [-0.39, 0.29) is 6.04 Å². The molecule has 2 aromatic rings. The zero-order valence-corrected chi connectivity index (χ0v) is 14.0. The summed E-state index contributed by atoms with van der Waals surface area (Å²) in [6.45, 7) is 2.34. The summed E-state index contributed by atoms with van der Waals surface area (Å²) in [5.41, 5.74) is 9.74. The van der Waals surface area contributed by atoms with Crippen molar-refractivity contribution in [2.24, 2.45) is 4.99 Å². The molecule has 0 spiro atoms. The van der Waals surface area contributed by atoms with Crippen molar-refractivity contribution < 1.29 is 9.84 Å². The number of fused-ring (bicyclic) bond motifs is 1. The number of ether oxygens (including phenoxy) is 1. The van der Waals surface area contributed by atoms with Crippen molar-refractivity contribution in [3.05, 3.63) is 23.8 Å². The van der Waals surface area contributed by atoms with E-state index in [1.54, 1.807) is 0 Å². The summed E-state index contributed by atoms with van der Waals surface area (Å²) in [4.78, 5) is 4.77. The SMILES string of the molecule is Nc1ccc2c(c1)c(C1=NCCCCC1)c(O)n2C1CCOCC1. The van der Waals surface area contributed by atoms with E-state index in [1.165, 1.54) is 6.42 Å². The predicted octanol–water partition coefficient (Wildman–Crippen LogP) is 3.64. The molecule has 3 heterocycles. The lowest BCUT2D eigenvalue weighted by atomic mass is 10.0. The van der Waals surface area contributed by atoms with Crippen LogP contribution in [0, 0.1) is 0 Å². The summed E-state index contributed by atoms with van der Waals surface area (Å²) >= 11 is 0. The number of rotatable bonds is 2. The van der Waals surface area contributed by atoms with Crippen LogP contribution in [0.2, 0.25) is 0 Å². The quantitative estimate of drug-likeness (QED) is 0.827. The van der Waals surface area contributed by atoms with Gasteiger partial charge in [0.2, 0.25) is 5.88 Å². The molecular formula is C19H25N3O2. The Morgan fingerprint density at radius 3 is 2.83 bits per heavy atom. The molecule has 1 fully saturated rings. The molecule has 0 atom stereocenters. The van der Waals surface area contributed by atoms with Crippen LogP contribution in [0.15, 0.2) is 23.2 Å². The minimum absolute atomic E-state index is 0.269. The third-order valence-corrected chi connectivity index (χ3v) is 5.22. The molecule has 0 amide bonds. The number of aromatic hydroxyl groups is 1. The third kappa shape index (κ3) is 2.67. The molecule has 1 aromatic heterocycles. The van der Waals surface area contributed by atoms with Crippen LogP contribution >= 0.6 is 0 Å². The Bertz CT molecular complexity index is 773. The molecule has 5 heteroatoms. The molecule has 0 aliphatic carbocycles. The van der Waals surface area contributed by atoms with Crippen LogP contribution in [0.25, 0.3) is 10.9 Å². The highest BCUT2D eigenvalue weighted by Crippen LogP contribution is 2.39. The number of nitrogens with zero attached hydrogens (tertiary/aromatic N) is 2. The Balaban J connectivity index is 1.90. The number of hydrogen-bond acceptors (Lipinski definition) is 4. The Kier molecular flexibility index (Phi) is 4.19. The van der Waals surface area contributed by atoms with Crippen LogP contribution in [0.5, 0.6) is 5.88 Å². The van der Waals surface area contributed by atoms with E-state index in [0.29, 0.717) is 5.88 Å². The molecule has 0 bridgehead atoms. The van der Waals surface area contributed by atoms with E-state index in [1.807, 2.05) is 18.2 Å². The first kappa shape index (κ1) is 15.5. The summed E-state index contributed by atoms with van der Waals surface area (Å²) in [5, 5.41) is 12.1. The van der Waals surface area contributed by atoms with Gasteiger partial charge >= 0.3 is 0 Å². The molecule has 2 aliphatic rings. The number of nitrogen functional groups attached to an aromatic ring is 1. The highest BCUT2D eigenvalue weighted by Gasteiger charge is 2.26. The molecular weight excluding hydrogens is 302 g/mol. The van der Waals surface area contributed by atoms with Crippen molar-refractivity contribution in [3.63, 3.8) is 0 Å². The predicted molar refractivity (Wildman–Crippen MR) is 97.0 cm³/mol. The fraction of sp³-hybridized carbons (Fsp3) is 0.526. The number of aromatic nitrogens is 1. The Labute approximate surface area is 142 Å². The van der Waals surface area contributed by atoms with Crippen LogP contribution in [0.3, 0.4) is 0 Å².